The SMILES string of the molecule is CNS(=O)(=O)c1csc(C(=O)Nc2ccccc2C)c1. The lowest BCUT2D eigenvalue weighted by molar-refractivity contribution is 0.103. The van der Waals surface area contributed by atoms with Gasteiger partial charge in [0, 0.05) is 11.1 Å². The Labute approximate surface area is 121 Å². The summed E-state index contributed by atoms with van der Waals surface area (Å²) in [5.74, 6) is -0.318. The molecule has 0 saturated carbocycles. The highest BCUT2D eigenvalue weighted by Crippen LogP contribution is 2.21. The van der Waals surface area contributed by atoms with Crippen molar-refractivity contribution in [2.24, 2.45) is 0 Å². The second-order valence-corrected chi connectivity index (χ2v) is 6.92. The molecule has 0 unspecified atom stereocenters. The maximum atomic E-state index is 12.1. The topological polar surface area (TPSA) is 75.3 Å². The third-order valence-corrected chi connectivity index (χ3v) is 5.24. The van der Waals surface area contributed by atoms with Crippen molar-refractivity contribution in [1.29, 1.82) is 0 Å². The van der Waals surface area contributed by atoms with Crippen LogP contribution in [0.2, 0.25) is 0 Å². The summed E-state index contributed by atoms with van der Waals surface area (Å²) in [5, 5.41) is 4.21. The molecule has 5 nitrogen and oxygen atoms in total. The van der Waals surface area contributed by atoms with Gasteiger partial charge in [-0.2, -0.15) is 0 Å². The zero-order valence-electron chi connectivity index (χ0n) is 11.0. The predicted molar refractivity (Wildman–Crippen MR) is 79.7 cm³/mol. The van der Waals surface area contributed by atoms with Gasteiger partial charge in [0.15, 0.2) is 0 Å². The number of carbonyl (C=O) groups is 1. The fourth-order valence-corrected chi connectivity index (χ4v) is 3.49. The second kappa shape index (κ2) is 5.74. The maximum absolute atomic E-state index is 12.1. The minimum Gasteiger partial charge on any atom is -0.321 e. The largest absolute Gasteiger partial charge is 0.321 e. The van der Waals surface area contributed by atoms with E-state index in [0.717, 1.165) is 16.9 Å². The summed E-state index contributed by atoms with van der Waals surface area (Å²) in [5.41, 5.74) is 1.66. The molecule has 7 heteroatoms. The van der Waals surface area contributed by atoms with E-state index in [0.29, 0.717) is 10.6 Å². The molecule has 0 saturated heterocycles. The lowest BCUT2D eigenvalue weighted by Crippen LogP contribution is -2.18. The van der Waals surface area contributed by atoms with E-state index < -0.39 is 10.0 Å². The van der Waals surface area contributed by atoms with Gasteiger partial charge in [-0.05, 0) is 31.7 Å². The van der Waals surface area contributed by atoms with Crippen molar-refractivity contribution < 1.29 is 13.2 Å². The third kappa shape index (κ3) is 3.06. The molecule has 2 aromatic rings. The van der Waals surface area contributed by atoms with E-state index >= 15 is 0 Å². The molecule has 1 aromatic carbocycles. The zero-order valence-corrected chi connectivity index (χ0v) is 12.6. The first-order valence-corrected chi connectivity index (χ1v) is 8.19. The molecule has 0 aliphatic heterocycles. The molecule has 1 aromatic heterocycles. The van der Waals surface area contributed by atoms with Crippen LogP contribution in [0.5, 0.6) is 0 Å². The highest BCUT2D eigenvalue weighted by Gasteiger charge is 2.17. The van der Waals surface area contributed by atoms with Gasteiger partial charge in [0.2, 0.25) is 10.0 Å². The van der Waals surface area contributed by atoms with E-state index in [1.54, 1.807) is 6.07 Å². The summed E-state index contributed by atoms with van der Waals surface area (Å²) < 4.78 is 25.4. The van der Waals surface area contributed by atoms with Crippen LogP contribution in [0, 0.1) is 6.92 Å². The Morgan fingerprint density at radius 2 is 1.95 bits per heavy atom. The first kappa shape index (κ1) is 14.7. The molecule has 0 radical (unpaired) electrons. The fraction of sp³-hybridized carbons (Fsp3) is 0.154. The Balaban J connectivity index is 2.21. The summed E-state index contributed by atoms with van der Waals surface area (Å²) >= 11 is 1.09. The summed E-state index contributed by atoms with van der Waals surface area (Å²) in [6, 6.07) is 8.76. The van der Waals surface area contributed by atoms with Crippen LogP contribution in [0.25, 0.3) is 0 Å². The summed E-state index contributed by atoms with van der Waals surface area (Å²) in [6.07, 6.45) is 0. The Bertz CT molecular complexity index is 736. The van der Waals surface area contributed by atoms with E-state index in [2.05, 4.69) is 10.0 Å². The number of anilines is 1. The van der Waals surface area contributed by atoms with Gasteiger partial charge >= 0.3 is 0 Å². The number of nitrogens with one attached hydrogen (secondary N) is 2. The van der Waals surface area contributed by atoms with Crippen LogP contribution in [-0.2, 0) is 10.0 Å². The lowest BCUT2D eigenvalue weighted by atomic mass is 10.2. The number of amides is 1. The number of rotatable bonds is 4. The van der Waals surface area contributed by atoms with Gasteiger partial charge in [-0.25, -0.2) is 13.1 Å². The standard InChI is InChI=1S/C13H14N2O3S2/c1-9-5-3-4-6-11(9)15-13(16)12-7-10(8-19-12)20(17,18)14-2/h3-8,14H,1-2H3,(H,15,16). The van der Waals surface area contributed by atoms with Crippen molar-refractivity contribution >= 4 is 33.0 Å². The van der Waals surface area contributed by atoms with Crippen LogP contribution < -0.4 is 10.0 Å². The number of hydrogen-bond donors (Lipinski definition) is 2. The highest BCUT2D eigenvalue weighted by atomic mass is 32.2. The molecular weight excluding hydrogens is 296 g/mol. The van der Waals surface area contributed by atoms with Crippen LogP contribution in [0.1, 0.15) is 15.2 Å². The van der Waals surface area contributed by atoms with E-state index in [1.165, 1.54) is 18.5 Å². The van der Waals surface area contributed by atoms with Gasteiger partial charge in [-0.15, -0.1) is 11.3 Å². The molecule has 2 rings (SSSR count). The minimum atomic E-state index is -3.51. The van der Waals surface area contributed by atoms with Crippen LogP contribution in [-0.4, -0.2) is 21.4 Å². The van der Waals surface area contributed by atoms with Crippen molar-refractivity contribution in [2.75, 3.05) is 12.4 Å². The quantitative estimate of drug-likeness (QED) is 0.909. The molecular formula is C13H14N2O3S2. The molecule has 0 atom stereocenters. The van der Waals surface area contributed by atoms with Gasteiger partial charge in [-0.3, -0.25) is 4.79 Å². The van der Waals surface area contributed by atoms with Crippen LogP contribution in [0.4, 0.5) is 5.69 Å². The number of para-hydroxylation sites is 1. The molecule has 0 bridgehead atoms. The summed E-state index contributed by atoms with van der Waals surface area (Å²) in [4.78, 5) is 12.5. The van der Waals surface area contributed by atoms with Crippen molar-refractivity contribution in [1.82, 2.24) is 4.72 Å². The Kier molecular flexibility index (Phi) is 4.22. The molecule has 106 valence electrons. The molecule has 1 amide bonds. The molecule has 20 heavy (non-hydrogen) atoms. The van der Waals surface area contributed by atoms with Crippen LogP contribution >= 0.6 is 11.3 Å². The van der Waals surface area contributed by atoms with Crippen molar-refractivity contribution in [3.05, 3.63) is 46.2 Å². The van der Waals surface area contributed by atoms with E-state index in [4.69, 9.17) is 0 Å². The highest BCUT2D eigenvalue weighted by molar-refractivity contribution is 7.89. The molecule has 0 fully saturated rings. The van der Waals surface area contributed by atoms with Gasteiger partial charge in [-0.1, -0.05) is 18.2 Å². The second-order valence-electron chi connectivity index (χ2n) is 4.12. The zero-order chi connectivity index (χ0) is 14.8. The first-order chi connectivity index (χ1) is 9.44. The maximum Gasteiger partial charge on any atom is 0.265 e. The van der Waals surface area contributed by atoms with Crippen LogP contribution in [0.15, 0.2) is 40.6 Å². The summed E-state index contributed by atoms with van der Waals surface area (Å²) in [6.45, 7) is 1.89. The third-order valence-electron chi connectivity index (χ3n) is 2.77. The van der Waals surface area contributed by atoms with E-state index in [-0.39, 0.29) is 10.8 Å². The van der Waals surface area contributed by atoms with Gasteiger partial charge in [0.1, 0.15) is 0 Å². The number of benzene rings is 1. The predicted octanol–water partition coefficient (Wildman–Crippen LogP) is 2.22. The molecule has 1 heterocycles. The van der Waals surface area contributed by atoms with Crippen molar-refractivity contribution in [3.63, 3.8) is 0 Å². The Morgan fingerprint density at radius 1 is 1.25 bits per heavy atom. The number of carbonyl (C=O) groups excluding carboxylic acids is 1. The van der Waals surface area contributed by atoms with Crippen molar-refractivity contribution in [2.45, 2.75) is 11.8 Å². The normalized spacial score (nSPS) is 11.3. The minimum absolute atomic E-state index is 0.0972. The van der Waals surface area contributed by atoms with E-state index in [9.17, 15) is 13.2 Å². The average molecular weight is 310 g/mol. The number of aryl methyl sites for hydroxylation is 1. The van der Waals surface area contributed by atoms with Gasteiger partial charge < -0.3 is 5.32 Å². The molecule has 0 aliphatic carbocycles. The first-order valence-electron chi connectivity index (χ1n) is 5.83. The van der Waals surface area contributed by atoms with E-state index in [1.807, 2.05) is 25.1 Å². The average Bonchev–Trinajstić information content (AvgIpc) is 2.92. The summed E-state index contributed by atoms with van der Waals surface area (Å²) in [7, 11) is -2.18. The van der Waals surface area contributed by atoms with Gasteiger partial charge in [0.05, 0.1) is 9.77 Å². The lowest BCUT2D eigenvalue weighted by Gasteiger charge is -2.06. The Morgan fingerprint density at radius 3 is 2.60 bits per heavy atom. The number of sulfonamides is 1. The van der Waals surface area contributed by atoms with Crippen LogP contribution in [0.3, 0.4) is 0 Å². The number of hydrogen-bond acceptors (Lipinski definition) is 4. The fourth-order valence-electron chi connectivity index (χ4n) is 1.59. The van der Waals surface area contributed by atoms with Gasteiger partial charge in [0.25, 0.3) is 5.91 Å². The monoisotopic (exact) mass is 310 g/mol. The molecule has 2 N–H and O–H groups in total. The molecule has 0 spiro atoms. The Hall–Kier alpha value is -1.70. The number of thiophene rings is 1. The van der Waals surface area contributed by atoms with Crippen molar-refractivity contribution in [3.8, 4) is 0 Å². The smallest absolute Gasteiger partial charge is 0.265 e. The molecule has 0 aliphatic rings.